The predicted octanol–water partition coefficient (Wildman–Crippen LogP) is 7.12. The van der Waals surface area contributed by atoms with Gasteiger partial charge in [-0.15, -0.1) is 0 Å². The lowest BCUT2D eigenvalue weighted by atomic mass is 10.1. The molecule has 3 rings (SSSR count). The number of hydrogen-bond donors (Lipinski definition) is 1. The van der Waals surface area contributed by atoms with Gasteiger partial charge in [0.25, 0.3) is 5.91 Å². The van der Waals surface area contributed by atoms with Crippen molar-refractivity contribution in [3.05, 3.63) is 55.9 Å². The average molecular weight is 500 g/mol. The van der Waals surface area contributed by atoms with E-state index >= 15 is 0 Å². The summed E-state index contributed by atoms with van der Waals surface area (Å²) in [6.07, 6.45) is 3.67. The monoisotopic (exact) mass is 498 g/mol. The molecule has 1 amide bonds. The van der Waals surface area contributed by atoms with Gasteiger partial charge < -0.3 is 14.8 Å². The number of carbonyl (C=O) groups excluding carboxylic acids is 1. The molecule has 1 aliphatic heterocycles. The third-order valence-corrected chi connectivity index (χ3v) is 5.88. The molecule has 2 aromatic carbocycles. The van der Waals surface area contributed by atoms with Crippen LogP contribution in [-0.2, 0) is 4.79 Å². The Hall–Kier alpha value is -1.86. The van der Waals surface area contributed by atoms with Crippen LogP contribution >= 0.6 is 46.6 Å². The Morgan fingerprint density at radius 1 is 1.10 bits per heavy atom. The van der Waals surface area contributed by atoms with Crippen LogP contribution in [-0.4, -0.2) is 24.3 Å². The first-order chi connectivity index (χ1) is 14.9. The minimum Gasteiger partial charge on any atom is -0.490 e. The highest BCUT2D eigenvalue weighted by molar-refractivity contribution is 8.18. The number of unbranched alkanes of at least 4 members (excludes halogenated alkanes) is 1. The number of hydrogen-bond acceptors (Lipinski definition) is 5. The van der Waals surface area contributed by atoms with Crippen molar-refractivity contribution in [1.82, 2.24) is 5.32 Å². The molecule has 0 spiro atoms. The van der Waals surface area contributed by atoms with Gasteiger partial charge in [-0.3, -0.25) is 4.79 Å². The lowest BCUT2D eigenvalue weighted by Crippen LogP contribution is -2.19. The fraction of sp³-hybridized carbons (Fsp3) is 0.273. The molecule has 1 N–H and O–H groups in total. The van der Waals surface area contributed by atoms with Crippen molar-refractivity contribution in [2.75, 3.05) is 13.2 Å². The zero-order valence-electron chi connectivity index (χ0n) is 17.0. The maximum Gasteiger partial charge on any atom is 0.264 e. The van der Waals surface area contributed by atoms with E-state index in [1.807, 2.05) is 13.0 Å². The second-order valence-electron chi connectivity index (χ2n) is 6.54. The summed E-state index contributed by atoms with van der Waals surface area (Å²) in [5.74, 6) is 0.802. The SMILES string of the molecule is CCCCOc1c(Cl)cc(/C=C2\SC(=Nc3ccc(Cl)cc3Cl)NC2=O)cc1OCC. The maximum absolute atomic E-state index is 12.4. The Morgan fingerprint density at radius 3 is 2.61 bits per heavy atom. The zero-order chi connectivity index (χ0) is 22.4. The molecule has 5 nitrogen and oxygen atoms in total. The van der Waals surface area contributed by atoms with Crippen molar-refractivity contribution in [3.8, 4) is 11.5 Å². The Bertz CT molecular complexity index is 1040. The van der Waals surface area contributed by atoms with Crippen molar-refractivity contribution >= 4 is 69.4 Å². The Morgan fingerprint density at radius 2 is 1.90 bits per heavy atom. The lowest BCUT2D eigenvalue weighted by Gasteiger charge is -2.14. The molecule has 0 bridgehead atoms. The number of aliphatic imine (C=N–C) groups is 1. The minimum atomic E-state index is -0.258. The van der Waals surface area contributed by atoms with Crippen LogP contribution in [0, 0.1) is 0 Å². The van der Waals surface area contributed by atoms with Crippen molar-refractivity contribution in [3.63, 3.8) is 0 Å². The summed E-state index contributed by atoms with van der Waals surface area (Å²) in [6.45, 7) is 5.00. The van der Waals surface area contributed by atoms with Gasteiger partial charge in [-0.1, -0.05) is 48.1 Å². The van der Waals surface area contributed by atoms with Gasteiger partial charge in [-0.05, 0) is 67.1 Å². The van der Waals surface area contributed by atoms with Gasteiger partial charge in [-0.25, -0.2) is 4.99 Å². The molecule has 31 heavy (non-hydrogen) atoms. The van der Waals surface area contributed by atoms with E-state index in [-0.39, 0.29) is 5.91 Å². The van der Waals surface area contributed by atoms with E-state index in [2.05, 4.69) is 17.2 Å². The standard InChI is InChI=1S/C22H21Cl3N2O3S/c1-3-5-8-30-20-16(25)9-13(10-18(20)29-4-2)11-19-21(28)27-22(31-19)26-17-7-6-14(23)12-15(17)24/h6-7,9-12H,3-5,8H2,1-2H3,(H,26,27,28)/b19-11-. The van der Waals surface area contributed by atoms with Crippen LogP contribution in [0.5, 0.6) is 11.5 Å². The highest BCUT2D eigenvalue weighted by Crippen LogP contribution is 2.39. The molecule has 164 valence electrons. The number of rotatable bonds is 8. The number of benzene rings is 2. The normalized spacial score (nSPS) is 16.1. The molecule has 0 saturated carbocycles. The summed E-state index contributed by atoms with van der Waals surface area (Å²) in [5, 5.41) is 4.51. The fourth-order valence-electron chi connectivity index (χ4n) is 2.71. The molecular weight excluding hydrogens is 479 g/mol. The summed E-state index contributed by atoms with van der Waals surface area (Å²) < 4.78 is 11.5. The minimum absolute atomic E-state index is 0.258. The second-order valence-corrected chi connectivity index (χ2v) is 8.82. The smallest absolute Gasteiger partial charge is 0.264 e. The summed E-state index contributed by atoms with van der Waals surface area (Å²) >= 11 is 19.7. The first-order valence-electron chi connectivity index (χ1n) is 9.75. The Balaban J connectivity index is 1.85. The molecule has 0 aliphatic carbocycles. The zero-order valence-corrected chi connectivity index (χ0v) is 20.1. The summed E-state index contributed by atoms with van der Waals surface area (Å²) in [4.78, 5) is 17.3. The molecule has 0 radical (unpaired) electrons. The Kier molecular flexibility index (Phi) is 8.55. The predicted molar refractivity (Wildman–Crippen MR) is 130 cm³/mol. The number of ether oxygens (including phenoxy) is 2. The maximum atomic E-state index is 12.4. The van der Waals surface area contributed by atoms with Gasteiger partial charge in [-0.2, -0.15) is 0 Å². The van der Waals surface area contributed by atoms with Gasteiger partial charge in [0.05, 0.1) is 33.9 Å². The third kappa shape index (κ3) is 6.32. The third-order valence-electron chi connectivity index (χ3n) is 4.16. The molecule has 1 heterocycles. The first kappa shape index (κ1) is 23.8. The molecule has 1 aliphatic rings. The van der Waals surface area contributed by atoms with Crippen LogP contribution in [0.4, 0.5) is 5.69 Å². The highest BCUT2D eigenvalue weighted by atomic mass is 35.5. The highest BCUT2D eigenvalue weighted by Gasteiger charge is 2.24. The van der Waals surface area contributed by atoms with Crippen LogP contribution in [0.15, 0.2) is 40.2 Å². The molecule has 9 heteroatoms. The molecule has 0 aromatic heterocycles. The summed E-state index contributed by atoms with van der Waals surface area (Å²) in [7, 11) is 0. The van der Waals surface area contributed by atoms with E-state index in [1.165, 1.54) is 11.8 Å². The number of carbonyl (C=O) groups is 1. The number of nitrogens with zero attached hydrogens (tertiary/aromatic N) is 1. The topological polar surface area (TPSA) is 59.9 Å². The van der Waals surface area contributed by atoms with Crippen molar-refractivity contribution in [1.29, 1.82) is 0 Å². The summed E-state index contributed by atoms with van der Waals surface area (Å²) in [5.41, 5.74) is 1.24. The van der Waals surface area contributed by atoms with Gasteiger partial charge in [0.1, 0.15) is 0 Å². The van der Waals surface area contributed by atoms with Gasteiger partial charge in [0, 0.05) is 5.02 Å². The molecule has 0 unspecified atom stereocenters. The lowest BCUT2D eigenvalue weighted by molar-refractivity contribution is -0.115. The average Bonchev–Trinajstić information content (AvgIpc) is 3.05. The quantitative estimate of drug-likeness (QED) is 0.310. The van der Waals surface area contributed by atoms with Crippen LogP contribution in [0.1, 0.15) is 32.3 Å². The molecular formula is C22H21Cl3N2O3S. The number of amidine groups is 1. The molecule has 1 saturated heterocycles. The van der Waals surface area contributed by atoms with Crippen LogP contribution in [0.25, 0.3) is 6.08 Å². The van der Waals surface area contributed by atoms with E-state index < -0.39 is 0 Å². The van der Waals surface area contributed by atoms with Crippen molar-refractivity contribution in [2.24, 2.45) is 4.99 Å². The van der Waals surface area contributed by atoms with Crippen LogP contribution in [0.2, 0.25) is 15.1 Å². The molecule has 2 aromatic rings. The van der Waals surface area contributed by atoms with E-state index in [9.17, 15) is 4.79 Å². The van der Waals surface area contributed by atoms with E-state index in [0.717, 1.165) is 18.4 Å². The van der Waals surface area contributed by atoms with E-state index in [4.69, 9.17) is 44.3 Å². The molecule has 1 fully saturated rings. The van der Waals surface area contributed by atoms with Crippen LogP contribution < -0.4 is 14.8 Å². The fourth-order valence-corrected chi connectivity index (χ4v) is 4.27. The van der Waals surface area contributed by atoms with E-state index in [0.29, 0.717) is 55.5 Å². The van der Waals surface area contributed by atoms with Crippen molar-refractivity contribution < 1.29 is 14.3 Å². The first-order valence-corrected chi connectivity index (χ1v) is 11.7. The Labute approximate surface area is 200 Å². The van der Waals surface area contributed by atoms with E-state index in [1.54, 1.807) is 30.3 Å². The number of nitrogens with one attached hydrogen (secondary N) is 1. The number of thioether (sulfide) groups is 1. The van der Waals surface area contributed by atoms with Crippen molar-refractivity contribution in [2.45, 2.75) is 26.7 Å². The number of amides is 1. The molecule has 0 atom stereocenters. The largest absolute Gasteiger partial charge is 0.490 e. The summed E-state index contributed by atoms with van der Waals surface area (Å²) in [6, 6.07) is 8.53. The van der Waals surface area contributed by atoms with Crippen LogP contribution in [0.3, 0.4) is 0 Å². The second kappa shape index (κ2) is 11.1. The number of halogens is 3. The van der Waals surface area contributed by atoms with Gasteiger partial charge in [0.15, 0.2) is 16.7 Å². The van der Waals surface area contributed by atoms with Gasteiger partial charge in [0.2, 0.25) is 0 Å². The van der Waals surface area contributed by atoms with Gasteiger partial charge >= 0.3 is 0 Å².